The van der Waals surface area contributed by atoms with Crippen LogP contribution in [0.15, 0.2) is 48.5 Å². The molecule has 1 atom stereocenters. The van der Waals surface area contributed by atoms with Gasteiger partial charge >= 0.3 is 5.97 Å². The summed E-state index contributed by atoms with van der Waals surface area (Å²) in [4.78, 5) is 11.5. The van der Waals surface area contributed by atoms with Gasteiger partial charge in [0.15, 0.2) is 0 Å². The van der Waals surface area contributed by atoms with Gasteiger partial charge in [-0.1, -0.05) is 30.3 Å². The molecule has 0 saturated carbocycles. The van der Waals surface area contributed by atoms with E-state index in [4.69, 9.17) is 10.5 Å². The zero-order valence-corrected chi connectivity index (χ0v) is 11.6. The molecule has 0 spiro atoms. The van der Waals surface area contributed by atoms with E-state index in [1.807, 2.05) is 30.3 Å². The summed E-state index contributed by atoms with van der Waals surface area (Å²) in [6.45, 7) is 0.299. The second-order valence-corrected chi connectivity index (χ2v) is 4.46. The highest BCUT2D eigenvalue weighted by molar-refractivity contribution is 5.78. The molecule has 4 nitrogen and oxygen atoms in total. The van der Waals surface area contributed by atoms with Crippen molar-refractivity contribution in [1.29, 1.82) is 0 Å². The first-order valence-corrected chi connectivity index (χ1v) is 6.41. The largest absolute Gasteiger partial charge is 0.489 e. The fourth-order valence-electron chi connectivity index (χ4n) is 1.88. The van der Waals surface area contributed by atoms with Gasteiger partial charge in [-0.25, -0.2) is 4.39 Å². The van der Waals surface area contributed by atoms with Crippen LogP contribution in [-0.2, 0) is 16.1 Å². The van der Waals surface area contributed by atoms with Crippen molar-refractivity contribution in [2.24, 2.45) is 5.73 Å². The number of nitrogens with two attached hydrogens (primary N) is 1. The molecule has 2 N–H and O–H groups in total. The third-order valence-electron chi connectivity index (χ3n) is 3.00. The lowest BCUT2D eigenvalue weighted by Gasteiger charge is -2.15. The van der Waals surface area contributed by atoms with Crippen LogP contribution in [0, 0.1) is 5.82 Å². The molecule has 5 heteroatoms. The molecule has 2 aromatic rings. The van der Waals surface area contributed by atoms with E-state index in [2.05, 4.69) is 4.74 Å². The van der Waals surface area contributed by atoms with Crippen LogP contribution in [0.2, 0.25) is 0 Å². The van der Waals surface area contributed by atoms with Crippen LogP contribution in [0.25, 0.3) is 0 Å². The molecule has 0 radical (unpaired) electrons. The molecule has 2 rings (SSSR count). The van der Waals surface area contributed by atoms with E-state index in [9.17, 15) is 9.18 Å². The highest BCUT2D eigenvalue weighted by Gasteiger charge is 2.21. The molecule has 2 aromatic carbocycles. The summed E-state index contributed by atoms with van der Waals surface area (Å²) in [6.07, 6.45) is 0. The number of benzene rings is 2. The molecule has 1 unspecified atom stereocenters. The molecule has 0 aliphatic rings. The minimum atomic E-state index is -1.09. The summed E-state index contributed by atoms with van der Waals surface area (Å²) in [5.41, 5.74) is 6.99. The lowest BCUT2D eigenvalue weighted by Crippen LogP contribution is -2.23. The topological polar surface area (TPSA) is 61.5 Å². The maximum Gasteiger partial charge on any atom is 0.327 e. The molecule has 0 aliphatic heterocycles. The Kier molecular flexibility index (Phi) is 4.90. The average molecular weight is 289 g/mol. The standard InChI is InChI=1S/C16H16FNO3/c1-20-16(19)15(18)13-9-12(17)7-8-14(13)21-10-11-5-3-2-4-6-11/h2-9,15H,10,18H2,1H3. The smallest absolute Gasteiger partial charge is 0.327 e. The van der Waals surface area contributed by atoms with E-state index in [-0.39, 0.29) is 5.56 Å². The normalized spacial score (nSPS) is 11.8. The summed E-state index contributed by atoms with van der Waals surface area (Å²) in [5, 5.41) is 0. The summed E-state index contributed by atoms with van der Waals surface area (Å²) < 4.78 is 23.6. The molecule has 0 aliphatic carbocycles. The molecule has 0 heterocycles. The van der Waals surface area contributed by atoms with E-state index in [1.54, 1.807) is 0 Å². The third-order valence-corrected chi connectivity index (χ3v) is 3.00. The van der Waals surface area contributed by atoms with Crippen LogP contribution in [0.1, 0.15) is 17.2 Å². The zero-order valence-electron chi connectivity index (χ0n) is 11.6. The lowest BCUT2D eigenvalue weighted by atomic mass is 10.1. The van der Waals surface area contributed by atoms with Crippen LogP contribution in [0.5, 0.6) is 5.75 Å². The van der Waals surface area contributed by atoms with Gasteiger partial charge in [0.1, 0.15) is 24.2 Å². The first-order chi connectivity index (χ1) is 10.1. The zero-order chi connectivity index (χ0) is 15.2. The molecular weight excluding hydrogens is 273 g/mol. The molecular formula is C16H16FNO3. The van der Waals surface area contributed by atoms with Gasteiger partial charge in [0.25, 0.3) is 0 Å². The number of rotatable bonds is 5. The number of ether oxygens (including phenoxy) is 2. The van der Waals surface area contributed by atoms with Crippen LogP contribution >= 0.6 is 0 Å². The number of hydrogen-bond acceptors (Lipinski definition) is 4. The SMILES string of the molecule is COC(=O)C(N)c1cc(F)ccc1OCc1ccccc1. The maximum atomic E-state index is 13.4. The fraction of sp³-hybridized carbons (Fsp3) is 0.188. The van der Waals surface area contributed by atoms with Gasteiger partial charge in [-0.05, 0) is 23.8 Å². The number of esters is 1. The Morgan fingerprint density at radius 3 is 2.62 bits per heavy atom. The Balaban J connectivity index is 2.21. The Morgan fingerprint density at radius 1 is 1.24 bits per heavy atom. The Morgan fingerprint density at radius 2 is 1.95 bits per heavy atom. The van der Waals surface area contributed by atoms with Crippen molar-refractivity contribution < 1.29 is 18.7 Å². The minimum Gasteiger partial charge on any atom is -0.489 e. The summed E-state index contributed by atoms with van der Waals surface area (Å²) in [6, 6.07) is 12.3. The van der Waals surface area contributed by atoms with Crippen molar-refractivity contribution in [3.05, 3.63) is 65.5 Å². The predicted octanol–water partition coefficient (Wildman–Crippen LogP) is 2.58. The summed E-state index contributed by atoms with van der Waals surface area (Å²) in [7, 11) is 1.23. The molecule has 0 bridgehead atoms. The Bertz CT molecular complexity index is 616. The van der Waals surface area contributed by atoms with Gasteiger partial charge in [-0.15, -0.1) is 0 Å². The molecule has 0 saturated heterocycles. The van der Waals surface area contributed by atoms with Crippen LogP contribution in [0.4, 0.5) is 4.39 Å². The van der Waals surface area contributed by atoms with Gasteiger partial charge in [-0.2, -0.15) is 0 Å². The van der Waals surface area contributed by atoms with Gasteiger partial charge in [-0.3, -0.25) is 4.79 Å². The van der Waals surface area contributed by atoms with Gasteiger partial charge < -0.3 is 15.2 Å². The van der Waals surface area contributed by atoms with Crippen LogP contribution in [0.3, 0.4) is 0 Å². The van der Waals surface area contributed by atoms with Gasteiger partial charge in [0.05, 0.1) is 7.11 Å². The van der Waals surface area contributed by atoms with Gasteiger partial charge in [0.2, 0.25) is 0 Å². The minimum absolute atomic E-state index is 0.262. The van der Waals surface area contributed by atoms with E-state index >= 15 is 0 Å². The maximum absolute atomic E-state index is 13.4. The van der Waals surface area contributed by atoms with Gasteiger partial charge in [0, 0.05) is 5.56 Å². The molecule has 0 fully saturated rings. The number of hydrogen-bond donors (Lipinski definition) is 1. The van der Waals surface area contributed by atoms with E-state index in [0.29, 0.717) is 12.4 Å². The van der Waals surface area contributed by atoms with Crippen molar-refractivity contribution in [1.82, 2.24) is 0 Å². The Labute approximate surface area is 122 Å². The quantitative estimate of drug-likeness (QED) is 0.859. The third kappa shape index (κ3) is 3.79. The van der Waals surface area contributed by atoms with Crippen molar-refractivity contribution >= 4 is 5.97 Å². The first-order valence-electron chi connectivity index (χ1n) is 6.41. The van der Waals surface area contributed by atoms with Crippen molar-refractivity contribution in [3.8, 4) is 5.75 Å². The second-order valence-electron chi connectivity index (χ2n) is 4.46. The monoisotopic (exact) mass is 289 g/mol. The molecule has 21 heavy (non-hydrogen) atoms. The summed E-state index contributed by atoms with van der Waals surface area (Å²) >= 11 is 0. The first kappa shape index (κ1) is 15.0. The van der Waals surface area contributed by atoms with Crippen LogP contribution < -0.4 is 10.5 Å². The van der Waals surface area contributed by atoms with E-state index in [0.717, 1.165) is 5.56 Å². The highest BCUT2D eigenvalue weighted by Crippen LogP contribution is 2.26. The van der Waals surface area contributed by atoms with Crippen LogP contribution in [-0.4, -0.2) is 13.1 Å². The summed E-state index contributed by atoms with van der Waals surface area (Å²) in [5.74, 6) is -0.778. The second kappa shape index (κ2) is 6.85. The molecule has 0 amide bonds. The number of halogens is 1. The predicted molar refractivity (Wildman–Crippen MR) is 76.1 cm³/mol. The molecule has 110 valence electrons. The van der Waals surface area contributed by atoms with Crippen molar-refractivity contribution in [2.45, 2.75) is 12.6 Å². The fourth-order valence-corrected chi connectivity index (χ4v) is 1.88. The van der Waals surface area contributed by atoms with E-state index in [1.165, 1.54) is 25.3 Å². The number of carbonyl (C=O) groups is 1. The Hall–Kier alpha value is -2.40. The lowest BCUT2D eigenvalue weighted by molar-refractivity contribution is -0.142. The van der Waals surface area contributed by atoms with Crippen molar-refractivity contribution in [2.75, 3.05) is 7.11 Å². The average Bonchev–Trinajstić information content (AvgIpc) is 2.53. The highest BCUT2D eigenvalue weighted by atomic mass is 19.1. The molecule has 0 aromatic heterocycles. The van der Waals surface area contributed by atoms with E-state index < -0.39 is 17.8 Å². The van der Waals surface area contributed by atoms with Crippen molar-refractivity contribution in [3.63, 3.8) is 0 Å². The number of methoxy groups -OCH3 is 1. The number of carbonyl (C=O) groups excluding carboxylic acids is 1.